The van der Waals surface area contributed by atoms with E-state index in [4.69, 9.17) is 9.73 Å². The highest BCUT2D eigenvalue weighted by Crippen LogP contribution is 2.22. The molecule has 1 aromatic rings. The first kappa shape index (κ1) is 24.1. The van der Waals surface area contributed by atoms with E-state index in [1.165, 1.54) is 11.8 Å². The molecule has 0 saturated heterocycles. The average Bonchev–Trinajstić information content (AvgIpc) is 2.70. The van der Waals surface area contributed by atoms with Gasteiger partial charge in [0.2, 0.25) is 5.91 Å². The van der Waals surface area contributed by atoms with Crippen LogP contribution < -0.4 is 10.1 Å². The molecule has 0 fully saturated rings. The second-order valence-electron chi connectivity index (χ2n) is 7.80. The zero-order chi connectivity index (χ0) is 22.0. The zero-order valence-electron chi connectivity index (χ0n) is 18.9. The lowest BCUT2D eigenvalue weighted by molar-refractivity contribution is -0.128. The molecule has 164 valence electrons. The van der Waals surface area contributed by atoms with Crippen LogP contribution in [-0.2, 0) is 4.79 Å². The summed E-state index contributed by atoms with van der Waals surface area (Å²) in [5, 5.41) is 4.15. The number of benzene rings is 1. The summed E-state index contributed by atoms with van der Waals surface area (Å²) in [5.74, 6) is 1.45. The summed E-state index contributed by atoms with van der Waals surface area (Å²) in [6.45, 7) is 12.6. The molecule has 1 heterocycles. The highest BCUT2D eigenvalue weighted by atomic mass is 32.2. The molecule has 1 aromatic carbocycles. The minimum absolute atomic E-state index is 0.173. The van der Waals surface area contributed by atoms with Gasteiger partial charge < -0.3 is 15.0 Å². The zero-order valence-corrected chi connectivity index (χ0v) is 19.7. The van der Waals surface area contributed by atoms with Crippen LogP contribution in [0.4, 0.5) is 0 Å². The van der Waals surface area contributed by atoms with E-state index in [2.05, 4.69) is 51.2 Å². The van der Waals surface area contributed by atoms with Gasteiger partial charge in [-0.25, -0.2) is 0 Å². The molecule has 1 amide bonds. The van der Waals surface area contributed by atoms with Gasteiger partial charge in [0, 0.05) is 18.8 Å². The summed E-state index contributed by atoms with van der Waals surface area (Å²) in [4.78, 5) is 19.3. The van der Waals surface area contributed by atoms with Crippen molar-refractivity contribution in [1.82, 2.24) is 10.2 Å². The number of amides is 1. The van der Waals surface area contributed by atoms with E-state index in [-0.39, 0.29) is 11.4 Å². The molecule has 0 spiro atoms. The number of allylic oxidation sites excluding steroid dienone is 1. The largest absolute Gasteiger partial charge is 0.494 e. The average molecular weight is 430 g/mol. The number of aliphatic imine (C=N–C) groups is 1. The Balaban J connectivity index is 1.98. The van der Waals surface area contributed by atoms with E-state index in [1.807, 2.05) is 36.1 Å². The number of nitrogens with one attached hydrogen (secondary N) is 1. The SMILES string of the molecule is CCCN(CCC)C(=O)CSC1=NC(C)(C)C=C(C=Cc2ccc(OCC)cc2)N1. The van der Waals surface area contributed by atoms with Gasteiger partial charge in [-0.05, 0) is 63.5 Å². The summed E-state index contributed by atoms with van der Waals surface area (Å²) in [7, 11) is 0. The van der Waals surface area contributed by atoms with Gasteiger partial charge in [0.15, 0.2) is 5.17 Å². The molecule has 0 radical (unpaired) electrons. The summed E-state index contributed by atoms with van der Waals surface area (Å²) in [6.07, 6.45) is 8.17. The van der Waals surface area contributed by atoms with Gasteiger partial charge in [-0.3, -0.25) is 9.79 Å². The fourth-order valence-corrected chi connectivity index (χ4v) is 4.10. The molecule has 1 aliphatic heterocycles. The van der Waals surface area contributed by atoms with E-state index in [0.29, 0.717) is 12.4 Å². The van der Waals surface area contributed by atoms with E-state index in [9.17, 15) is 4.79 Å². The number of carbonyl (C=O) groups excluding carboxylic acids is 1. The molecule has 1 aliphatic rings. The molecule has 0 atom stereocenters. The molecule has 5 nitrogen and oxygen atoms in total. The van der Waals surface area contributed by atoms with Crippen molar-refractivity contribution in [2.24, 2.45) is 4.99 Å². The predicted molar refractivity (Wildman–Crippen MR) is 129 cm³/mol. The third-order valence-corrected chi connectivity index (χ3v) is 5.33. The molecule has 6 heteroatoms. The molecule has 0 bridgehead atoms. The number of hydrogen-bond acceptors (Lipinski definition) is 5. The van der Waals surface area contributed by atoms with E-state index < -0.39 is 0 Å². The quantitative estimate of drug-likeness (QED) is 0.562. The van der Waals surface area contributed by atoms with E-state index in [1.54, 1.807) is 0 Å². The number of hydrogen-bond donors (Lipinski definition) is 1. The fraction of sp³-hybridized carbons (Fsp3) is 0.500. The molecular formula is C24H35N3O2S. The van der Waals surface area contributed by atoms with Crippen molar-refractivity contribution in [2.75, 3.05) is 25.4 Å². The van der Waals surface area contributed by atoms with Gasteiger partial charge in [0.25, 0.3) is 0 Å². The molecule has 30 heavy (non-hydrogen) atoms. The Labute approximate surface area is 185 Å². The summed E-state index contributed by atoms with van der Waals surface area (Å²) in [5.41, 5.74) is 1.76. The fourth-order valence-electron chi connectivity index (χ4n) is 3.17. The maximum Gasteiger partial charge on any atom is 0.233 e. The Morgan fingerprint density at radius 2 is 1.80 bits per heavy atom. The lowest BCUT2D eigenvalue weighted by atomic mass is 10.0. The van der Waals surface area contributed by atoms with Crippen molar-refractivity contribution in [3.05, 3.63) is 47.7 Å². The van der Waals surface area contributed by atoms with Crippen LogP contribution in [0, 0.1) is 0 Å². The van der Waals surface area contributed by atoms with Gasteiger partial charge in [-0.1, -0.05) is 43.8 Å². The van der Waals surface area contributed by atoms with Crippen molar-refractivity contribution in [2.45, 2.75) is 53.0 Å². The van der Waals surface area contributed by atoms with Crippen LogP contribution in [0.3, 0.4) is 0 Å². The van der Waals surface area contributed by atoms with Gasteiger partial charge in [0.1, 0.15) is 5.75 Å². The van der Waals surface area contributed by atoms with Gasteiger partial charge in [0.05, 0.1) is 17.9 Å². The monoisotopic (exact) mass is 429 g/mol. The van der Waals surface area contributed by atoms with Crippen molar-refractivity contribution in [1.29, 1.82) is 0 Å². The molecule has 1 N–H and O–H groups in total. The highest BCUT2D eigenvalue weighted by molar-refractivity contribution is 8.14. The predicted octanol–water partition coefficient (Wildman–Crippen LogP) is 5.10. The lowest BCUT2D eigenvalue weighted by Crippen LogP contribution is -2.36. The summed E-state index contributed by atoms with van der Waals surface area (Å²) in [6, 6.07) is 8.02. The number of amidine groups is 1. The van der Waals surface area contributed by atoms with Crippen LogP contribution in [0.25, 0.3) is 6.08 Å². The number of ether oxygens (including phenoxy) is 1. The first-order valence-corrected chi connectivity index (χ1v) is 11.8. The number of rotatable bonds is 10. The highest BCUT2D eigenvalue weighted by Gasteiger charge is 2.22. The Bertz CT molecular complexity index is 776. The second kappa shape index (κ2) is 11.8. The minimum Gasteiger partial charge on any atom is -0.494 e. The number of carbonyl (C=O) groups is 1. The van der Waals surface area contributed by atoms with Gasteiger partial charge in [-0.15, -0.1) is 0 Å². The normalized spacial score (nSPS) is 15.4. The molecule has 0 saturated carbocycles. The molecular weight excluding hydrogens is 394 g/mol. The first-order valence-electron chi connectivity index (χ1n) is 10.8. The standard InChI is InChI=1S/C24H35N3O2S/c1-6-15-27(16-7-2)22(28)18-30-23-25-20(17-24(4,5)26-23)12-9-19-10-13-21(14-11-19)29-8-3/h9-14,17H,6-8,15-16,18H2,1-5H3,(H,25,26). The van der Waals surface area contributed by atoms with Crippen LogP contribution in [-0.4, -0.2) is 47.0 Å². The maximum atomic E-state index is 12.6. The Kier molecular flexibility index (Phi) is 9.50. The molecule has 0 aromatic heterocycles. The van der Waals surface area contributed by atoms with Crippen LogP contribution in [0.2, 0.25) is 0 Å². The van der Waals surface area contributed by atoms with E-state index in [0.717, 1.165) is 48.1 Å². The molecule has 2 rings (SSSR count). The minimum atomic E-state index is -0.318. The van der Waals surface area contributed by atoms with Crippen LogP contribution in [0.15, 0.2) is 47.1 Å². The Morgan fingerprint density at radius 1 is 1.13 bits per heavy atom. The van der Waals surface area contributed by atoms with Crippen LogP contribution >= 0.6 is 11.8 Å². The topological polar surface area (TPSA) is 53.9 Å². The first-order chi connectivity index (χ1) is 14.4. The third kappa shape index (κ3) is 7.90. The second-order valence-corrected chi connectivity index (χ2v) is 8.76. The maximum absolute atomic E-state index is 12.6. The lowest BCUT2D eigenvalue weighted by Gasteiger charge is -2.26. The Morgan fingerprint density at radius 3 is 2.40 bits per heavy atom. The summed E-state index contributed by atoms with van der Waals surface area (Å²) < 4.78 is 5.49. The number of thioether (sulfide) groups is 1. The van der Waals surface area contributed by atoms with Gasteiger partial charge in [-0.2, -0.15) is 0 Å². The number of nitrogens with zero attached hydrogens (tertiary/aromatic N) is 2. The van der Waals surface area contributed by atoms with E-state index >= 15 is 0 Å². The molecule has 0 aliphatic carbocycles. The van der Waals surface area contributed by atoms with Crippen LogP contribution in [0.1, 0.15) is 53.0 Å². The van der Waals surface area contributed by atoms with Crippen LogP contribution in [0.5, 0.6) is 5.75 Å². The van der Waals surface area contributed by atoms with Gasteiger partial charge >= 0.3 is 0 Å². The van der Waals surface area contributed by atoms with Crippen molar-refractivity contribution >= 4 is 28.9 Å². The third-order valence-electron chi connectivity index (χ3n) is 4.47. The van der Waals surface area contributed by atoms with Crippen molar-refractivity contribution in [3.63, 3.8) is 0 Å². The molecule has 0 unspecified atom stereocenters. The van der Waals surface area contributed by atoms with Crippen molar-refractivity contribution < 1.29 is 9.53 Å². The Hall–Kier alpha value is -2.21. The van der Waals surface area contributed by atoms with Crippen molar-refractivity contribution in [3.8, 4) is 5.75 Å². The smallest absolute Gasteiger partial charge is 0.233 e. The summed E-state index contributed by atoms with van der Waals surface area (Å²) >= 11 is 1.48.